The van der Waals surface area contributed by atoms with Gasteiger partial charge in [-0.3, -0.25) is 9.59 Å². The largest absolute Gasteiger partial charge is 0.385 e. The van der Waals surface area contributed by atoms with Crippen molar-refractivity contribution in [3.8, 4) is 0 Å². The van der Waals surface area contributed by atoms with Gasteiger partial charge in [-0.05, 0) is 31.2 Å². The first-order chi connectivity index (χ1) is 12.1. The van der Waals surface area contributed by atoms with Crippen LogP contribution in [0, 0.1) is 5.92 Å². The van der Waals surface area contributed by atoms with Crippen molar-refractivity contribution in [1.29, 1.82) is 0 Å². The number of methoxy groups -OCH3 is 1. The highest BCUT2D eigenvalue weighted by atomic mass is 16.5. The molecule has 0 bridgehead atoms. The van der Waals surface area contributed by atoms with Crippen molar-refractivity contribution in [2.45, 2.75) is 32.1 Å². The van der Waals surface area contributed by atoms with Gasteiger partial charge in [0.15, 0.2) is 0 Å². The molecule has 138 valence electrons. The molecule has 0 saturated carbocycles. The quantitative estimate of drug-likeness (QED) is 0.679. The fourth-order valence-electron chi connectivity index (χ4n) is 3.30. The molecule has 1 aromatic rings. The van der Waals surface area contributed by atoms with Gasteiger partial charge in [0.1, 0.15) is 0 Å². The van der Waals surface area contributed by atoms with Gasteiger partial charge in [0, 0.05) is 52.7 Å². The lowest BCUT2D eigenvalue weighted by atomic mass is 9.95. The van der Waals surface area contributed by atoms with Crippen LogP contribution in [-0.4, -0.2) is 62.0 Å². The van der Waals surface area contributed by atoms with Gasteiger partial charge >= 0.3 is 0 Å². The maximum Gasteiger partial charge on any atom is 0.225 e. The fraction of sp³-hybridized carbons (Fsp3) is 0.600. The lowest BCUT2D eigenvalue weighted by Gasteiger charge is -2.33. The Morgan fingerprint density at radius 1 is 1.20 bits per heavy atom. The molecule has 1 fully saturated rings. The lowest BCUT2D eigenvalue weighted by Crippen LogP contribution is -2.43. The average molecular weight is 346 g/mol. The van der Waals surface area contributed by atoms with Crippen molar-refractivity contribution in [1.82, 2.24) is 9.80 Å². The predicted molar refractivity (Wildman–Crippen MR) is 98.2 cm³/mol. The highest BCUT2D eigenvalue weighted by Crippen LogP contribution is 2.20. The van der Waals surface area contributed by atoms with Crippen molar-refractivity contribution in [2.75, 3.05) is 40.4 Å². The van der Waals surface area contributed by atoms with Crippen LogP contribution in [0.1, 0.15) is 31.2 Å². The molecule has 25 heavy (non-hydrogen) atoms. The number of carbonyl (C=O) groups is 2. The molecule has 1 heterocycles. The summed E-state index contributed by atoms with van der Waals surface area (Å²) >= 11 is 0. The van der Waals surface area contributed by atoms with Gasteiger partial charge in [-0.25, -0.2) is 0 Å². The summed E-state index contributed by atoms with van der Waals surface area (Å²) in [5.74, 6) is 0.446. The normalized spacial score (nSPS) is 15.2. The number of piperidine rings is 1. The summed E-state index contributed by atoms with van der Waals surface area (Å²) in [5, 5.41) is 0. The Morgan fingerprint density at radius 3 is 2.52 bits per heavy atom. The molecule has 0 aliphatic carbocycles. The zero-order valence-electron chi connectivity index (χ0n) is 15.4. The Kier molecular flexibility index (Phi) is 7.92. The molecule has 0 N–H and O–H groups in total. The molecular weight excluding hydrogens is 316 g/mol. The average Bonchev–Trinajstić information content (AvgIpc) is 2.66. The highest BCUT2D eigenvalue weighted by Gasteiger charge is 2.28. The van der Waals surface area contributed by atoms with Gasteiger partial charge in [0.05, 0.1) is 0 Å². The SMILES string of the molecule is COCCCN(C)C(=O)C1CCN(C(=O)CCc2ccccc2)CC1. The first-order valence-electron chi connectivity index (χ1n) is 9.17. The van der Waals surface area contributed by atoms with E-state index in [2.05, 4.69) is 12.1 Å². The predicted octanol–water partition coefficient (Wildman–Crippen LogP) is 2.35. The third kappa shape index (κ3) is 6.16. The zero-order chi connectivity index (χ0) is 18.1. The second-order valence-corrected chi connectivity index (χ2v) is 6.75. The van der Waals surface area contributed by atoms with E-state index >= 15 is 0 Å². The molecule has 0 unspecified atom stereocenters. The minimum atomic E-state index is 0.0470. The Morgan fingerprint density at radius 2 is 1.88 bits per heavy atom. The van der Waals surface area contributed by atoms with E-state index in [0.717, 1.165) is 32.2 Å². The number of likely N-dealkylation sites (tertiary alicyclic amines) is 1. The van der Waals surface area contributed by atoms with E-state index in [9.17, 15) is 9.59 Å². The van der Waals surface area contributed by atoms with Crippen LogP contribution in [0.15, 0.2) is 30.3 Å². The number of benzene rings is 1. The molecule has 0 radical (unpaired) electrons. The molecule has 5 nitrogen and oxygen atoms in total. The maximum absolute atomic E-state index is 12.5. The summed E-state index contributed by atoms with van der Waals surface area (Å²) < 4.78 is 5.03. The summed E-state index contributed by atoms with van der Waals surface area (Å²) in [6, 6.07) is 10.1. The Bertz CT molecular complexity index is 539. The first kappa shape index (κ1) is 19.4. The molecule has 1 aliphatic heterocycles. The summed E-state index contributed by atoms with van der Waals surface area (Å²) in [5.41, 5.74) is 1.19. The topological polar surface area (TPSA) is 49.9 Å². The number of hydrogen-bond acceptors (Lipinski definition) is 3. The molecule has 0 spiro atoms. The van der Waals surface area contributed by atoms with Crippen LogP contribution >= 0.6 is 0 Å². The fourth-order valence-corrected chi connectivity index (χ4v) is 3.30. The highest BCUT2D eigenvalue weighted by molar-refractivity contribution is 5.80. The van der Waals surface area contributed by atoms with Gasteiger partial charge in [-0.2, -0.15) is 0 Å². The summed E-state index contributed by atoms with van der Waals surface area (Å²) in [7, 11) is 3.53. The standard InChI is InChI=1S/C20H30N2O3/c1-21(13-6-16-25-2)20(24)18-11-14-22(15-12-18)19(23)10-9-17-7-4-3-5-8-17/h3-5,7-8,18H,6,9-16H2,1-2H3. The summed E-state index contributed by atoms with van der Waals surface area (Å²) in [6.45, 7) is 2.78. The van der Waals surface area contributed by atoms with Gasteiger partial charge < -0.3 is 14.5 Å². The van der Waals surface area contributed by atoms with Crippen LogP contribution in [0.4, 0.5) is 0 Å². The number of ether oxygens (including phenoxy) is 1. The molecule has 0 atom stereocenters. The van der Waals surface area contributed by atoms with E-state index in [-0.39, 0.29) is 17.7 Å². The van der Waals surface area contributed by atoms with Crippen molar-refractivity contribution < 1.29 is 14.3 Å². The molecule has 5 heteroatoms. The maximum atomic E-state index is 12.5. The number of hydrogen-bond donors (Lipinski definition) is 0. The van der Waals surface area contributed by atoms with E-state index in [4.69, 9.17) is 4.74 Å². The molecular formula is C20H30N2O3. The van der Waals surface area contributed by atoms with Gasteiger partial charge in [-0.1, -0.05) is 30.3 Å². The zero-order valence-corrected chi connectivity index (χ0v) is 15.4. The van der Waals surface area contributed by atoms with Crippen LogP contribution in [0.25, 0.3) is 0 Å². The molecule has 1 saturated heterocycles. The minimum Gasteiger partial charge on any atom is -0.385 e. The van der Waals surface area contributed by atoms with E-state index in [1.54, 1.807) is 12.0 Å². The smallest absolute Gasteiger partial charge is 0.225 e. The van der Waals surface area contributed by atoms with E-state index in [1.165, 1.54) is 5.56 Å². The van der Waals surface area contributed by atoms with Crippen molar-refractivity contribution >= 4 is 11.8 Å². The Balaban J connectivity index is 1.71. The van der Waals surface area contributed by atoms with E-state index in [0.29, 0.717) is 26.1 Å². The number of amides is 2. The van der Waals surface area contributed by atoms with E-state index in [1.807, 2.05) is 30.1 Å². The Labute approximate surface area is 150 Å². The van der Waals surface area contributed by atoms with Crippen molar-refractivity contribution in [3.63, 3.8) is 0 Å². The van der Waals surface area contributed by atoms with Crippen LogP contribution in [-0.2, 0) is 20.7 Å². The van der Waals surface area contributed by atoms with Crippen molar-refractivity contribution in [3.05, 3.63) is 35.9 Å². The molecule has 1 aromatic carbocycles. The number of rotatable bonds is 8. The van der Waals surface area contributed by atoms with Crippen LogP contribution in [0.2, 0.25) is 0 Å². The molecule has 2 amide bonds. The third-order valence-corrected chi connectivity index (χ3v) is 4.89. The van der Waals surface area contributed by atoms with E-state index < -0.39 is 0 Å². The minimum absolute atomic E-state index is 0.0470. The number of nitrogens with zero attached hydrogens (tertiary/aromatic N) is 2. The number of aryl methyl sites for hydroxylation is 1. The summed E-state index contributed by atoms with van der Waals surface area (Å²) in [6.07, 6.45) is 3.71. The Hall–Kier alpha value is -1.88. The van der Waals surface area contributed by atoms with Crippen LogP contribution < -0.4 is 0 Å². The van der Waals surface area contributed by atoms with Crippen molar-refractivity contribution in [2.24, 2.45) is 5.92 Å². The third-order valence-electron chi connectivity index (χ3n) is 4.89. The second kappa shape index (κ2) is 10.2. The van der Waals surface area contributed by atoms with Crippen LogP contribution in [0.5, 0.6) is 0 Å². The lowest BCUT2D eigenvalue weighted by molar-refractivity contribution is -0.140. The monoisotopic (exact) mass is 346 g/mol. The van der Waals surface area contributed by atoms with Gasteiger partial charge in [0.2, 0.25) is 11.8 Å². The first-order valence-corrected chi connectivity index (χ1v) is 9.17. The van der Waals surface area contributed by atoms with Gasteiger partial charge in [-0.15, -0.1) is 0 Å². The number of carbonyl (C=O) groups excluding carboxylic acids is 2. The molecule has 2 rings (SSSR count). The molecule has 0 aromatic heterocycles. The van der Waals surface area contributed by atoms with Gasteiger partial charge in [0.25, 0.3) is 0 Å². The molecule has 1 aliphatic rings. The second-order valence-electron chi connectivity index (χ2n) is 6.75. The summed E-state index contributed by atoms with van der Waals surface area (Å²) in [4.78, 5) is 28.6. The van der Waals surface area contributed by atoms with Crippen LogP contribution in [0.3, 0.4) is 0 Å².